The fourth-order valence-electron chi connectivity index (χ4n) is 1.87. The number of nitrogens with zero attached hydrogens (tertiary/aromatic N) is 2. The van der Waals surface area contributed by atoms with Gasteiger partial charge in [0.15, 0.2) is 0 Å². The van der Waals surface area contributed by atoms with Crippen LogP contribution in [0.5, 0.6) is 0 Å². The van der Waals surface area contributed by atoms with Crippen LogP contribution in [0.1, 0.15) is 5.56 Å². The number of nitrogen functional groups attached to an aromatic ring is 1. The summed E-state index contributed by atoms with van der Waals surface area (Å²) in [5.41, 5.74) is 7.57. The Hall–Kier alpha value is -2.05. The van der Waals surface area contributed by atoms with Gasteiger partial charge in [-0.3, -0.25) is 4.79 Å². The topological polar surface area (TPSA) is 93.2 Å². The van der Waals surface area contributed by atoms with E-state index in [1.165, 1.54) is 6.20 Å². The van der Waals surface area contributed by atoms with Gasteiger partial charge in [0.25, 0.3) is 5.56 Å². The van der Waals surface area contributed by atoms with Crippen LogP contribution < -0.4 is 16.6 Å². The molecule has 0 fully saturated rings. The standard InChI is InChI=1S/C14H17ClN4O2/c15-13-12(9-18-19(7-8-20)14(13)21)17-6-5-10-1-3-11(16)4-2-10/h1-4,9,17,20H,5-8,16H2. The largest absolute Gasteiger partial charge is 0.399 e. The first-order chi connectivity index (χ1) is 10.1. The Labute approximate surface area is 127 Å². The maximum absolute atomic E-state index is 11.9. The van der Waals surface area contributed by atoms with Gasteiger partial charge in [0, 0.05) is 12.2 Å². The number of aromatic nitrogens is 2. The zero-order valence-electron chi connectivity index (χ0n) is 11.4. The fourth-order valence-corrected chi connectivity index (χ4v) is 2.08. The number of nitrogens with one attached hydrogen (secondary N) is 1. The second kappa shape index (κ2) is 7.10. The molecule has 1 aromatic heterocycles. The van der Waals surface area contributed by atoms with E-state index < -0.39 is 5.56 Å². The second-order valence-electron chi connectivity index (χ2n) is 4.54. The molecular formula is C14H17ClN4O2. The van der Waals surface area contributed by atoms with Gasteiger partial charge in [-0.25, -0.2) is 4.68 Å². The van der Waals surface area contributed by atoms with Crippen LogP contribution in [0.3, 0.4) is 0 Å². The van der Waals surface area contributed by atoms with Crippen molar-refractivity contribution < 1.29 is 5.11 Å². The molecule has 0 aliphatic rings. The summed E-state index contributed by atoms with van der Waals surface area (Å²) in [5, 5.41) is 15.9. The van der Waals surface area contributed by atoms with Gasteiger partial charge in [-0.2, -0.15) is 5.10 Å². The summed E-state index contributed by atoms with van der Waals surface area (Å²) in [6, 6.07) is 7.60. The van der Waals surface area contributed by atoms with Crippen LogP contribution in [0, 0.1) is 0 Å². The van der Waals surface area contributed by atoms with Crippen molar-refractivity contribution >= 4 is 23.0 Å². The zero-order valence-corrected chi connectivity index (χ0v) is 12.2. The smallest absolute Gasteiger partial charge is 0.287 e. The highest BCUT2D eigenvalue weighted by Gasteiger charge is 2.08. The Morgan fingerprint density at radius 3 is 2.71 bits per heavy atom. The molecule has 0 bridgehead atoms. The minimum Gasteiger partial charge on any atom is -0.399 e. The van der Waals surface area contributed by atoms with E-state index >= 15 is 0 Å². The van der Waals surface area contributed by atoms with E-state index in [0.717, 1.165) is 22.4 Å². The molecule has 0 aliphatic heterocycles. The van der Waals surface area contributed by atoms with Gasteiger partial charge in [-0.05, 0) is 24.1 Å². The Morgan fingerprint density at radius 2 is 2.05 bits per heavy atom. The molecule has 0 atom stereocenters. The van der Waals surface area contributed by atoms with Crippen LogP contribution in [-0.2, 0) is 13.0 Å². The van der Waals surface area contributed by atoms with Crippen molar-refractivity contribution in [1.29, 1.82) is 0 Å². The van der Waals surface area contributed by atoms with E-state index in [0.29, 0.717) is 12.2 Å². The van der Waals surface area contributed by atoms with Gasteiger partial charge >= 0.3 is 0 Å². The van der Waals surface area contributed by atoms with Crippen molar-refractivity contribution in [3.8, 4) is 0 Å². The molecular weight excluding hydrogens is 292 g/mol. The first kappa shape index (κ1) is 15.3. The number of rotatable bonds is 6. The molecule has 112 valence electrons. The highest BCUT2D eigenvalue weighted by Crippen LogP contribution is 2.15. The average molecular weight is 309 g/mol. The molecule has 0 aliphatic carbocycles. The predicted octanol–water partition coefficient (Wildman–Crippen LogP) is 1.13. The number of anilines is 2. The van der Waals surface area contributed by atoms with Gasteiger partial charge in [0.1, 0.15) is 5.02 Å². The predicted molar refractivity (Wildman–Crippen MR) is 83.6 cm³/mol. The number of aliphatic hydroxyl groups excluding tert-OH is 1. The molecule has 4 N–H and O–H groups in total. The second-order valence-corrected chi connectivity index (χ2v) is 4.92. The average Bonchev–Trinajstić information content (AvgIpc) is 2.48. The highest BCUT2D eigenvalue weighted by atomic mass is 35.5. The SMILES string of the molecule is Nc1ccc(CCNc2cnn(CCO)c(=O)c2Cl)cc1. The van der Waals surface area contributed by atoms with Gasteiger partial charge in [0.2, 0.25) is 0 Å². The van der Waals surface area contributed by atoms with E-state index in [-0.39, 0.29) is 18.2 Å². The minimum absolute atomic E-state index is 0.0794. The molecule has 0 unspecified atom stereocenters. The van der Waals surface area contributed by atoms with Crippen LogP contribution >= 0.6 is 11.6 Å². The van der Waals surface area contributed by atoms with E-state index in [1.807, 2.05) is 24.3 Å². The zero-order chi connectivity index (χ0) is 15.2. The van der Waals surface area contributed by atoms with Crippen LogP contribution in [0.2, 0.25) is 5.02 Å². The number of aliphatic hydroxyl groups is 1. The molecule has 1 aromatic carbocycles. The molecule has 21 heavy (non-hydrogen) atoms. The lowest BCUT2D eigenvalue weighted by molar-refractivity contribution is 0.266. The number of hydrogen-bond acceptors (Lipinski definition) is 5. The Balaban J connectivity index is 1.99. The Morgan fingerprint density at radius 1 is 1.33 bits per heavy atom. The molecule has 2 rings (SSSR count). The summed E-state index contributed by atoms with van der Waals surface area (Å²) >= 11 is 6.00. The van der Waals surface area contributed by atoms with Gasteiger partial charge < -0.3 is 16.2 Å². The van der Waals surface area contributed by atoms with Crippen LogP contribution in [0.15, 0.2) is 35.3 Å². The lowest BCUT2D eigenvalue weighted by Gasteiger charge is -2.09. The van der Waals surface area contributed by atoms with E-state index in [9.17, 15) is 4.79 Å². The van der Waals surface area contributed by atoms with Crippen LogP contribution in [0.25, 0.3) is 0 Å². The summed E-state index contributed by atoms with van der Waals surface area (Å²) in [5.74, 6) is 0. The Kier molecular flexibility index (Phi) is 5.19. The third kappa shape index (κ3) is 3.96. The minimum atomic E-state index is -0.414. The summed E-state index contributed by atoms with van der Waals surface area (Å²) < 4.78 is 1.13. The summed E-state index contributed by atoms with van der Waals surface area (Å²) in [6.45, 7) is 0.589. The quantitative estimate of drug-likeness (QED) is 0.696. The third-order valence-electron chi connectivity index (χ3n) is 3.01. The number of halogens is 1. The van der Waals surface area contributed by atoms with E-state index in [4.69, 9.17) is 22.4 Å². The van der Waals surface area contributed by atoms with Gasteiger partial charge in [-0.15, -0.1) is 0 Å². The van der Waals surface area contributed by atoms with Crippen LogP contribution in [-0.4, -0.2) is 28.0 Å². The Bertz CT molecular complexity index is 655. The van der Waals surface area contributed by atoms with E-state index in [2.05, 4.69) is 10.4 Å². The molecule has 0 saturated heterocycles. The molecule has 6 nitrogen and oxygen atoms in total. The molecule has 7 heteroatoms. The first-order valence-electron chi connectivity index (χ1n) is 6.56. The lowest BCUT2D eigenvalue weighted by Crippen LogP contribution is -2.25. The van der Waals surface area contributed by atoms with Crippen LogP contribution in [0.4, 0.5) is 11.4 Å². The lowest BCUT2D eigenvalue weighted by atomic mass is 10.1. The van der Waals surface area contributed by atoms with Crippen molar-refractivity contribution in [1.82, 2.24) is 9.78 Å². The monoisotopic (exact) mass is 308 g/mol. The molecule has 0 amide bonds. The van der Waals surface area contributed by atoms with Gasteiger partial charge in [0.05, 0.1) is 25.0 Å². The first-order valence-corrected chi connectivity index (χ1v) is 6.94. The number of nitrogens with two attached hydrogens (primary N) is 1. The summed E-state index contributed by atoms with van der Waals surface area (Å²) in [4.78, 5) is 11.9. The fraction of sp³-hybridized carbons (Fsp3) is 0.286. The van der Waals surface area contributed by atoms with Crippen molar-refractivity contribution in [2.45, 2.75) is 13.0 Å². The van der Waals surface area contributed by atoms with Crippen molar-refractivity contribution in [3.63, 3.8) is 0 Å². The van der Waals surface area contributed by atoms with Crippen molar-refractivity contribution in [2.24, 2.45) is 0 Å². The van der Waals surface area contributed by atoms with E-state index in [1.54, 1.807) is 0 Å². The third-order valence-corrected chi connectivity index (χ3v) is 3.37. The van der Waals surface area contributed by atoms with Crippen molar-refractivity contribution in [3.05, 3.63) is 51.4 Å². The van der Waals surface area contributed by atoms with Crippen molar-refractivity contribution in [2.75, 3.05) is 24.2 Å². The molecule has 0 spiro atoms. The molecule has 0 radical (unpaired) electrons. The normalized spacial score (nSPS) is 10.6. The number of hydrogen-bond donors (Lipinski definition) is 3. The maximum atomic E-state index is 11.9. The summed E-state index contributed by atoms with van der Waals surface area (Å²) in [7, 11) is 0. The molecule has 1 heterocycles. The van der Waals surface area contributed by atoms with Gasteiger partial charge in [-0.1, -0.05) is 23.7 Å². The maximum Gasteiger partial charge on any atom is 0.287 e. The molecule has 2 aromatic rings. The molecule has 0 saturated carbocycles. The highest BCUT2D eigenvalue weighted by molar-refractivity contribution is 6.32. The summed E-state index contributed by atoms with van der Waals surface area (Å²) in [6.07, 6.45) is 2.26. The number of benzene rings is 1.